The summed E-state index contributed by atoms with van der Waals surface area (Å²) in [6, 6.07) is 7.98. The largest absolute Gasteiger partial charge is 0.497 e. The molecule has 0 radical (unpaired) electrons. The van der Waals surface area contributed by atoms with Crippen LogP contribution < -0.4 is 10.1 Å². The number of rotatable bonds is 4. The van der Waals surface area contributed by atoms with Crippen molar-refractivity contribution in [2.75, 3.05) is 19.5 Å². The van der Waals surface area contributed by atoms with Gasteiger partial charge >= 0.3 is 0 Å². The van der Waals surface area contributed by atoms with Gasteiger partial charge < -0.3 is 10.1 Å². The maximum Gasteiger partial charge on any atom is 0.143 e. The number of hydrogen-bond donors (Lipinski definition) is 1. The van der Waals surface area contributed by atoms with Crippen molar-refractivity contribution in [3.63, 3.8) is 0 Å². The van der Waals surface area contributed by atoms with Crippen LogP contribution in [-0.2, 0) is 6.42 Å². The molecule has 1 aromatic carbocycles. The van der Waals surface area contributed by atoms with Crippen LogP contribution in [0.2, 0.25) is 0 Å². The summed E-state index contributed by atoms with van der Waals surface area (Å²) < 4.78 is 6.29. The Labute approximate surface area is 126 Å². The fourth-order valence-corrected chi connectivity index (χ4v) is 2.34. The van der Waals surface area contributed by atoms with Gasteiger partial charge in [-0.3, -0.25) is 0 Å². The van der Waals surface area contributed by atoms with E-state index in [9.17, 15) is 0 Å². The van der Waals surface area contributed by atoms with E-state index < -0.39 is 0 Å². The number of aryl methyl sites for hydroxylation is 1. The lowest BCUT2D eigenvalue weighted by Gasteiger charge is -2.09. The van der Waals surface area contributed by atoms with Crippen LogP contribution in [0.3, 0.4) is 0 Å². The second-order valence-electron chi connectivity index (χ2n) is 4.17. The molecule has 0 fully saturated rings. The third-order valence-corrected chi connectivity index (χ3v) is 4.09. The van der Waals surface area contributed by atoms with Gasteiger partial charge in [-0.1, -0.05) is 12.1 Å². The maximum atomic E-state index is 5.23. The van der Waals surface area contributed by atoms with Crippen molar-refractivity contribution < 1.29 is 4.74 Å². The highest BCUT2D eigenvalue weighted by atomic mass is 127. The van der Waals surface area contributed by atoms with Gasteiger partial charge in [0.1, 0.15) is 17.4 Å². The highest BCUT2D eigenvalue weighted by Gasteiger charge is 2.08. The van der Waals surface area contributed by atoms with Crippen LogP contribution in [0.4, 0.5) is 5.82 Å². The summed E-state index contributed by atoms with van der Waals surface area (Å²) in [4.78, 5) is 9.06. The lowest BCUT2D eigenvalue weighted by molar-refractivity contribution is 0.414. The molecule has 0 unspecified atom stereocenters. The first-order valence-corrected chi connectivity index (χ1v) is 7.05. The Kier molecular flexibility index (Phi) is 4.57. The molecule has 0 aliphatic heterocycles. The standard InChI is InChI=1S/C14H16IN3O/c1-9-13(15)14(16-2)18-12(17-9)8-10-5-4-6-11(7-10)19-3/h4-7H,8H2,1-3H3,(H,16,17,18). The van der Waals surface area contributed by atoms with Crippen molar-refractivity contribution in [1.29, 1.82) is 0 Å². The van der Waals surface area contributed by atoms with E-state index in [4.69, 9.17) is 4.74 Å². The van der Waals surface area contributed by atoms with E-state index >= 15 is 0 Å². The zero-order chi connectivity index (χ0) is 13.8. The molecule has 0 atom stereocenters. The first-order valence-electron chi connectivity index (χ1n) is 5.97. The normalized spacial score (nSPS) is 10.3. The summed E-state index contributed by atoms with van der Waals surface area (Å²) in [6.45, 7) is 2.00. The zero-order valence-electron chi connectivity index (χ0n) is 11.2. The SMILES string of the molecule is CNc1nc(Cc2cccc(OC)c2)nc(C)c1I. The van der Waals surface area contributed by atoms with Crippen molar-refractivity contribution in [2.45, 2.75) is 13.3 Å². The Hall–Kier alpha value is -1.37. The van der Waals surface area contributed by atoms with Gasteiger partial charge in [0.05, 0.1) is 16.4 Å². The minimum absolute atomic E-state index is 0.698. The number of anilines is 1. The number of ether oxygens (including phenoxy) is 1. The molecule has 4 nitrogen and oxygen atoms in total. The topological polar surface area (TPSA) is 47.0 Å². The number of nitrogens with one attached hydrogen (secondary N) is 1. The molecule has 0 saturated heterocycles. The second-order valence-corrected chi connectivity index (χ2v) is 5.24. The first kappa shape index (κ1) is 14.0. The Balaban J connectivity index is 2.30. The molecule has 2 aromatic rings. The molecule has 0 aliphatic rings. The number of benzene rings is 1. The van der Waals surface area contributed by atoms with Crippen LogP contribution in [0.1, 0.15) is 17.1 Å². The lowest BCUT2D eigenvalue weighted by Crippen LogP contribution is -2.06. The number of hydrogen-bond acceptors (Lipinski definition) is 4. The predicted octanol–water partition coefficient (Wildman–Crippen LogP) is 3.03. The van der Waals surface area contributed by atoms with Gasteiger partial charge in [0.2, 0.25) is 0 Å². The van der Waals surface area contributed by atoms with E-state index in [0.717, 1.165) is 32.2 Å². The molecule has 19 heavy (non-hydrogen) atoms. The molecule has 0 aliphatic carbocycles. The third kappa shape index (κ3) is 3.34. The molecule has 1 N–H and O–H groups in total. The summed E-state index contributed by atoms with van der Waals surface area (Å²) in [5, 5.41) is 3.10. The van der Waals surface area contributed by atoms with Crippen molar-refractivity contribution in [2.24, 2.45) is 0 Å². The van der Waals surface area contributed by atoms with Gasteiger partial charge in [-0.2, -0.15) is 0 Å². The molecule has 0 saturated carbocycles. The van der Waals surface area contributed by atoms with Crippen LogP contribution in [0.25, 0.3) is 0 Å². The Morgan fingerprint density at radius 1 is 1.32 bits per heavy atom. The average molecular weight is 369 g/mol. The fourth-order valence-electron chi connectivity index (χ4n) is 1.83. The van der Waals surface area contributed by atoms with E-state index in [1.165, 1.54) is 0 Å². The highest BCUT2D eigenvalue weighted by molar-refractivity contribution is 14.1. The van der Waals surface area contributed by atoms with Crippen LogP contribution in [0, 0.1) is 10.5 Å². The molecule has 1 heterocycles. The summed E-state index contributed by atoms with van der Waals surface area (Å²) in [5.41, 5.74) is 2.14. The van der Waals surface area contributed by atoms with E-state index in [1.807, 2.05) is 32.2 Å². The number of methoxy groups -OCH3 is 1. The first-order chi connectivity index (χ1) is 9.13. The van der Waals surface area contributed by atoms with Gasteiger partial charge in [-0.05, 0) is 47.2 Å². The van der Waals surface area contributed by atoms with Crippen LogP contribution >= 0.6 is 22.6 Å². The lowest BCUT2D eigenvalue weighted by atomic mass is 10.1. The summed E-state index contributed by atoms with van der Waals surface area (Å²) in [7, 11) is 3.54. The monoisotopic (exact) mass is 369 g/mol. The van der Waals surface area contributed by atoms with E-state index in [-0.39, 0.29) is 0 Å². The van der Waals surface area contributed by atoms with Crippen molar-refractivity contribution in [1.82, 2.24) is 9.97 Å². The van der Waals surface area contributed by atoms with Crippen LogP contribution in [0.5, 0.6) is 5.75 Å². The summed E-state index contributed by atoms with van der Waals surface area (Å²) >= 11 is 2.26. The van der Waals surface area contributed by atoms with E-state index in [0.29, 0.717) is 6.42 Å². The van der Waals surface area contributed by atoms with E-state index in [2.05, 4.69) is 43.9 Å². The summed E-state index contributed by atoms with van der Waals surface area (Å²) in [5.74, 6) is 2.55. The van der Waals surface area contributed by atoms with Crippen molar-refractivity contribution >= 4 is 28.4 Å². The molecule has 5 heteroatoms. The fraction of sp³-hybridized carbons (Fsp3) is 0.286. The Morgan fingerprint density at radius 2 is 2.11 bits per heavy atom. The number of halogens is 1. The Morgan fingerprint density at radius 3 is 2.79 bits per heavy atom. The maximum absolute atomic E-state index is 5.23. The van der Waals surface area contributed by atoms with Gasteiger partial charge in [0, 0.05) is 13.5 Å². The molecule has 0 amide bonds. The molecular formula is C14H16IN3O. The minimum atomic E-state index is 0.698. The van der Waals surface area contributed by atoms with Crippen molar-refractivity contribution in [3.8, 4) is 5.75 Å². The van der Waals surface area contributed by atoms with Crippen LogP contribution in [0.15, 0.2) is 24.3 Å². The molecule has 0 bridgehead atoms. The smallest absolute Gasteiger partial charge is 0.143 e. The highest BCUT2D eigenvalue weighted by Crippen LogP contribution is 2.20. The zero-order valence-corrected chi connectivity index (χ0v) is 13.4. The van der Waals surface area contributed by atoms with Gasteiger partial charge in [0.25, 0.3) is 0 Å². The number of aromatic nitrogens is 2. The summed E-state index contributed by atoms with van der Waals surface area (Å²) in [6.07, 6.45) is 0.698. The van der Waals surface area contributed by atoms with Gasteiger partial charge in [-0.15, -0.1) is 0 Å². The molecule has 1 aromatic heterocycles. The number of nitrogens with zero attached hydrogens (tertiary/aromatic N) is 2. The van der Waals surface area contributed by atoms with Crippen molar-refractivity contribution in [3.05, 3.63) is 44.9 Å². The minimum Gasteiger partial charge on any atom is -0.497 e. The average Bonchev–Trinajstić information content (AvgIpc) is 2.43. The molecule has 0 spiro atoms. The van der Waals surface area contributed by atoms with Gasteiger partial charge in [0.15, 0.2) is 0 Å². The second kappa shape index (κ2) is 6.18. The molecule has 2 rings (SSSR count). The van der Waals surface area contributed by atoms with Gasteiger partial charge in [-0.25, -0.2) is 9.97 Å². The third-order valence-electron chi connectivity index (χ3n) is 2.80. The quantitative estimate of drug-likeness (QED) is 0.842. The van der Waals surface area contributed by atoms with Crippen LogP contribution in [-0.4, -0.2) is 24.1 Å². The predicted molar refractivity (Wildman–Crippen MR) is 84.8 cm³/mol. The Bertz CT molecular complexity index is 587. The van der Waals surface area contributed by atoms with E-state index in [1.54, 1.807) is 7.11 Å². The molecule has 100 valence electrons. The molecular weight excluding hydrogens is 353 g/mol.